The fourth-order valence-electron chi connectivity index (χ4n) is 2.27. The molecule has 2 rings (SSSR count). The van der Waals surface area contributed by atoms with Crippen molar-refractivity contribution in [2.75, 3.05) is 0 Å². The average Bonchev–Trinajstić information content (AvgIpc) is 2.89. The first-order chi connectivity index (χ1) is 10.1. The van der Waals surface area contributed by atoms with Crippen molar-refractivity contribution in [3.8, 4) is 11.3 Å². The van der Waals surface area contributed by atoms with Gasteiger partial charge in [0.15, 0.2) is 5.69 Å². The lowest BCUT2D eigenvalue weighted by Crippen LogP contribution is -2.12. The number of hydrogen-bond donors (Lipinski definition) is 1. The third kappa shape index (κ3) is 3.26. The van der Waals surface area contributed by atoms with Crippen LogP contribution in [0.25, 0.3) is 11.3 Å². The van der Waals surface area contributed by atoms with E-state index in [1.165, 1.54) is 12.1 Å². The molecule has 112 valence electrons. The van der Waals surface area contributed by atoms with Gasteiger partial charge in [-0.1, -0.05) is 31.9 Å². The molecule has 1 N–H and O–H groups in total. The van der Waals surface area contributed by atoms with E-state index in [0.717, 1.165) is 12.8 Å². The number of aromatic carboxylic acids is 1. The van der Waals surface area contributed by atoms with Crippen molar-refractivity contribution in [2.45, 2.75) is 33.2 Å². The summed E-state index contributed by atoms with van der Waals surface area (Å²) in [5.41, 5.74) is 0.923. The van der Waals surface area contributed by atoms with E-state index in [-0.39, 0.29) is 11.5 Å². The Labute approximate surface area is 122 Å². The molecule has 0 aliphatic rings. The van der Waals surface area contributed by atoms with Crippen LogP contribution >= 0.6 is 0 Å². The predicted molar refractivity (Wildman–Crippen MR) is 76.4 cm³/mol. The smallest absolute Gasteiger partial charge is 0.358 e. The Bertz CT molecular complexity index is 618. The Morgan fingerprint density at radius 2 is 1.90 bits per heavy atom. The number of carbonyl (C=O) groups is 1. The van der Waals surface area contributed by atoms with Gasteiger partial charge >= 0.3 is 5.97 Å². The third-order valence-corrected chi connectivity index (χ3v) is 3.64. The maximum Gasteiger partial charge on any atom is 0.358 e. The van der Waals surface area contributed by atoms with Crippen LogP contribution in [0.2, 0.25) is 0 Å². The van der Waals surface area contributed by atoms with Crippen LogP contribution in [0, 0.1) is 11.7 Å². The molecule has 0 unspecified atom stereocenters. The lowest BCUT2D eigenvalue weighted by molar-refractivity contribution is 0.0691. The van der Waals surface area contributed by atoms with Gasteiger partial charge < -0.3 is 5.11 Å². The molecule has 0 atom stereocenters. The number of benzene rings is 1. The first-order valence-corrected chi connectivity index (χ1v) is 6.99. The van der Waals surface area contributed by atoms with Gasteiger partial charge in [0, 0.05) is 12.1 Å². The van der Waals surface area contributed by atoms with Gasteiger partial charge in [-0.3, -0.25) is 0 Å². The molecule has 0 aliphatic heterocycles. The molecule has 0 aliphatic carbocycles. The van der Waals surface area contributed by atoms with E-state index in [2.05, 4.69) is 24.2 Å². The quantitative estimate of drug-likeness (QED) is 0.887. The Hall–Kier alpha value is -2.24. The highest BCUT2D eigenvalue weighted by molar-refractivity contribution is 5.92. The van der Waals surface area contributed by atoms with Crippen molar-refractivity contribution in [2.24, 2.45) is 5.92 Å². The maximum atomic E-state index is 13.1. The summed E-state index contributed by atoms with van der Waals surface area (Å²) in [6, 6.07) is 5.69. The number of hydrogen-bond acceptors (Lipinski definition) is 3. The van der Waals surface area contributed by atoms with Gasteiger partial charge in [0.1, 0.15) is 11.5 Å². The summed E-state index contributed by atoms with van der Waals surface area (Å²) in [6.45, 7) is 4.77. The van der Waals surface area contributed by atoms with Crippen LogP contribution in [0.1, 0.15) is 37.2 Å². The van der Waals surface area contributed by atoms with Crippen molar-refractivity contribution >= 4 is 5.97 Å². The summed E-state index contributed by atoms with van der Waals surface area (Å²) in [5, 5.41) is 17.0. The van der Waals surface area contributed by atoms with Crippen LogP contribution in [0.4, 0.5) is 4.39 Å². The van der Waals surface area contributed by atoms with Gasteiger partial charge in [-0.15, -0.1) is 5.10 Å². The van der Waals surface area contributed by atoms with Crippen molar-refractivity contribution in [1.29, 1.82) is 0 Å². The maximum absolute atomic E-state index is 13.1. The van der Waals surface area contributed by atoms with E-state index in [4.69, 9.17) is 0 Å². The molecule has 0 radical (unpaired) electrons. The fraction of sp³-hybridized carbons (Fsp3) is 0.400. The number of nitrogens with zero attached hydrogens (tertiary/aromatic N) is 3. The highest BCUT2D eigenvalue weighted by atomic mass is 19.1. The highest BCUT2D eigenvalue weighted by Crippen LogP contribution is 2.24. The van der Waals surface area contributed by atoms with E-state index in [9.17, 15) is 14.3 Å². The Morgan fingerprint density at radius 1 is 1.29 bits per heavy atom. The molecule has 0 fully saturated rings. The van der Waals surface area contributed by atoms with Crippen molar-refractivity contribution < 1.29 is 14.3 Å². The van der Waals surface area contributed by atoms with Gasteiger partial charge in [0.05, 0.1) is 0 Å². The molecule has 0 saturated heterocycles. The summed E-state index contributed by atoms with van der Waals surface area (Å²) in [7, 11) is 0. The Kier molecular flexibility index (Phi) is 4.67. The zero-order chi connectivity index (χ0) is 15.4. The molecule has 0 saturated carbocycles. The van der Waals surface area contributed by atoms with Gasteiger partial charge in [-0.25, -0.2) is 13.9 Å². The number of carboxylic acid groups (broad SMARTS) is 1. The molecule has 5 nitrogen and oxygen atoms in total. The van der Waals surface area contributed by atoms with E-state index in [0.29, 0.717) is 23.7 Å². The lowest BCUT2D eigenvalue weighted by atomic mass is 10.0. The molecular weight excluding hydrogens is 273 g/mol. The summed E-state index contributed by atoms with van der Waals surface area (Å²) in [4.78, 5) is 11.3. The fourth-order valence-corrected chi connectivity index (χ4v) is 2.27. The standard InChI is InChI=1S/C15H18FN3O2/c1-3-10(4-2)9-19-14(13(15(20)21)17-18-19)11-5-7-12(16)8-6-11/h5-8,10H,3-4,9H2,1-2H3,(H,20,21). The highest BCUT2D eigenvalue weighted by Gasteiger charge is 2.21. The molecular formula is C15H18FN3O2. The van der Waals surface area contributed by atoms with Crippen LogP contribution in [0.3, 0.4) is 0 Å². The number of rotatable bonds is 6. The predicted octanol–water partition coefficient (Wildman–Crippen LogP) is 3.22. The lowest BCUT2D eigenvalue weighted by Gasteiger charge is -2.14. The minimum atomic E-state index is -1.13. The number of halogens is 1. The number of aromatic nitrogens is 3. The molecule has 1 heterocycles. The SMILES string of the molecule is CCC(CC)Cn1nnc(C(=O)O)c1-c1ccc(F)cc1. The molecule has 6 heteroatoms. The minimum Gasteiger partial charge on any atom is -0.476 e. The second-order valence-electron chi connectivity index (χ2n) is 4.96. The molecule has 2 aromatic rings. The minimum absolute atomic E-state index is 0.104. The number of carboxylic acids is 1. The molecule has 21 heavy (non-hydrogen) atoms. The molecule has 0 bridgehead atoms. The van der Waals surface area contributed by atoms with Gasteiger partial charge in [-0.2, -0.15) is 0 Å². The Balaban J connectivity index is 2.47. The van der Waals surface area contributed by atoms with Crippen molar-refractivity contribution in [3.63, 3.8) is 0 Å². The molecule has 0 amide bonds. The first kappa shape index (κ1) is 15.2. The van der Waals surface area contributed by atoms with E-state index < -0.39 is 5.97 Å². The monoisotopic (exact) mass is 291 g/mol. The third-order valence-electron chi connectivity index (χ3n) is 3.64. The van der Waals surface area contributed by atoms with Gasteiger partial charge in [-0.05, 0) is 30.2 Å². The van der Waals surface area contributed by atoms with Crippen LogP contribution in [-0.2, 0) is 6.54 Å². The Morgan fingerprint density at radius 3 is 2.43 bits per heavy atom. The second kappa shape index (κ2) is 6.47. The summed E-state index contributed by atoms with van der Waals surface area (Å²) in [6.07, 6.45) is 1.95. The first-order valence-electron chi connectivity index (χ1n) is 6.99. The van der Waals surface area contributed by atoms with Crippen molar-refractivity contribution in [3.05, 3.63) is 35.8 Å². The average molecular weight is 291 g/mol. The zero-order valence-electron chi connectivity index (χ0n) is 12.1. The normalized spacial score (nSPS) is 11.0. The van der Waals surface area contributed by atoms with Crippen LogP contribution in [0.5, 0.6) is 0 Å². The van der Waals surface area contributed by atoms with Gasteiger partial charge in [0.25, 0.3) is 0 Å². The van der Waals surface area contributed by atoms with E-state index in [1.807, 2.05) is 0 Å². The van der Waals surface area contributed by atoms with E-state index in [1.54, 1.807) is 16.8 Å². The zero-order valence-corrected chi connectivity index (χ0v) is 12.1. The van der Waals surface area contributed by atoms with Crippen molar-refractivity contribution in [1.82, 2.24) is 15.0 Å². The summed E-state index contributed by atoms with van der Waals surface area (Å²) in [5.74, 6) is -1.10. The molecule has 0 spiro atoms. The topological polar surface area (TPSA) is 68.0 Å². The largest absolute Gasteiger partial charge is 0.476 e. The van der Waals surface area contributed by atoms with Gasteiger partial charge in [0.2, 0.25) is 0 Å². The summed E-state index contributed by atoms with van der Waals surface area (Å²) >= 11 is 0. The summed E-state index contributed by atoms with van der Waals surface area (Å²) < 4.78 is 14.7. The van der Waals surface area contributed by atoms with Crippen LogP contribution < -0.4 is 0 Å². The van der Waals surface area contributed by atoms with Crippen LogP contribution in [-0.4, -0.2) is 26.1 Å². The van der Waals surface area contributed by atoms with Crippen LogP contribution in [0.15, 0.2) is 24.3 Å². The molecule has 1 aromatic carbocycles. The van der Waals surface area contributed by atoms with E-state index >= 15 is 0 Å². The second-order valence-corrected chi connectivity index (χ2v) is 4.96. The molecule has 1 aromatic heterocycles.